The van der Waals surface area contributed by atoms with Gasteiger partial charge in [-0.1, -0.05) is 12.0 Å². The number of carbonyl (C=O) groups excluding carboxylic acids is 2. The Hall–Kier alpha value is -2.06. The Balaban J connectivity index is 1.46. The van der Waals surface area contributed by atoms with E-state index in [1.165, 1.54) is 8.93 Å². The maximum atomic E-state index is 13.0. The van der Waals surface area contributed by atoms with Gasteiger partial charge >= 0.3 is 24.4 Å². The number of hydrogen-bond acceptors (Lipinski definition) is 7. The molecule has 4 rings (SSSR count). The van der Waals surface area contributed by atoms with E-state index in [0.29, 0.717) is 45.3 Å². The number of nitrogens with zero attached hydrogens (tertiary/aromatic N) is 3. The van der Waals surface area contributed by atoms with Gasteiger partial charge in [-0.25, -0.2) is 4.79 Å². The van der Waals surface area contributed by atoms with Crippen LogP contribution < -0.4 is 4.90 Å². The lowest BCUT2D eigenvalue weighted by Crippen LogP contribution is -2.54. The van der Waals surface area contributed by atoms with Crippen LogP contribution in [0.2, 0.25) is 0 Å². The quantitative estimate of drug-likeness (QED) is 0.131. The van der Waals surface area contributed by atoms with Crippen molar-refractivity contribution in [3.63, 3.8) is 0 Å². The largest absolute Gasteiger partial charge is 0.460 e. The lowest BCUT2D eigenvalue weighted by atomic mass is 9.84. The number of benzene rings is 1. The van der Waals surface area contributed by atoms with Crippen LogP contribution in [0.4, 0.5) is 36.8 Å². The molecule has 0 atom stereocenters. The summed E-state index contributed by atoms with van der Waals surface area (Å²) in [7, 11) is 1.39. The lowest BCUT2D eigenvalue weighted by molar-refractivity contribution is -0.308. The minimum absolute atomic E-state index is 0.00863. The number of alkyl halides is 6. The van der Waals surface area contributed by atoms with Gasteiger partial charge in [0.2, 0.25) is 0 Å². The molecule has 0 radical (unpaired) electrons. The number of carbonyl (C=O) groups is 2. The van der Waals surface area contributed by atoms with Gasteiger partial charge in [-0.2, -0.15) is 26.3 Å². The zero-order valence-electron chi connectivity index (χ0n) is 25.9. The van der Waals surface area contributed by atoms with Crippen LogP contribution in [0.1, 0.15) is 70.4 Å². The summed E-state index contributed by atoms with van der Waals surface area (Å²) in [6.45, 7) is 8.20. The lowest BCUT2D eigenvalue weighted by Gasteiger charge is -2.45. The number of amides is 1. The van der Waals surface area contributed by atoms with Crippen LogP contribution in [0.25, 0.3) is 0 Å². The number of rotatable bonds is 5. The van der Waals surface area contributed by atoms with Gasteiger partial charge in [-0.15, -0.1) is 0 Å². The Morgan fingerprint density at radius 1 is 1.00 bits per heavy atom. The topological polar surface area (TPSA) is 62.3 Å². The van der Waals surface area contributed by atoms with Gasteiger partial charge in [0.25, 0.3) is 6.10 Å². The normalized spacial score (nSPS) is 19.7. The molecule has 1 spiro atoms. The summed E-state index contributed by atoms with van der Waals surface area (Å²) < 4.78 is 87.3. The summed E-state index contributed by atoms with van der Waals surface area (Å²) in [5.74, 6) is 2.78. The monoisotopic (exact) mass is 789 g/mol. The van der Waals surface area contributed by atoms with Crippen molar-refractivity contribution in [3.8, 4) is 11.2 Å². The molecule has 0 aliphatic carbocycles. The molecule has 0 aromatic heterocycles. The molecule has 3 aliphatic rings. The second-order valence-electron chi connectivity index (χ2n) is 13.0. The molecule has 0 unspecified atom stereocenters. The summed E-state index contributed by atoms with van der Waals surface area (Å²) in [5, 5.41) is 3.01. The van der Waals surface area contributed by atoms with E-state index in [0.717, 1.165) is 41.1 Å². The molecule has 3 aliphatic heterocycles. The van der Waals surface area contributed by atoms with Crippen LogP contribution in [0.15, 0.2) is 18.2 Å². The summed E-state index contributed by atoms with van der Waals surface area (Å²) in [6, 6.07) is 6.07. The maximum Gasteiger partial charge on any atom is 0.434 e. The third-order valence-corrected chi connectivity index (χ3v) is 9.60. The number of anilines is 1. The van der Waals surface area contributed by atoms with Crippen molar-refractivity contribution in [3.05, 3.63) is 29.3 Å². The standard InChI is InChI=1S/C31H38F6IN3O4S/c1-28(2,3)45-25(42)22-7-14-39(15-8-22)24-19-21(9-18-46-38)5-6-23(24)20-41-13-4-10-29(41)11-16-40(17-12-29)27(43)44-26(30(32,33)34)31(35,36)37/h5-6,19,22,26H,4,7-8,10-17,20H2,1-3H3. The number of halogens is 7. The van der Waals surface area contributed by atoms with E-state index >= 15 is 0 Å². The molecule has 256 valence electrons. The minimum atomic E-state index is -5.76. The van der Waals surface area contributed by atoms with Gasteiger partial charge in [0, 0.05) is 70.7 Å². The number of likely N-dealkylation sites (tertiary alicyclic amines) is 2. The molecule has 1 aromatic carbocycles. The van der Waals surface area contributed by atoms with Gasteiger partial charge < -0.3 is 19.3 Å². The highest BCUT2D eigenvalue weighted by atomic mass is 127. The van der Waals surface area contributed by atoms with E-state index in [9.17, 15) is 35.9 Å². The van der Waals surface area contributed by atoms with E-state index in [-0.39, 0.29) is 30.5 Å². The molecule has 0 N–H and O–H groups in total. The van der Waals surface area contributed by atoms with E-state index in [4.69, 9.17) is 4.74 Å². The first-order valence-electron chi connectivity index (χ1n) is 15.2. The molecular weight excluding hydrogens is 751 g/mol. The summed E-state index contributed by atoms with van der Waals surface area (Å²) >= 11 is 2.11. The fourth-order valence-electron chi connectivity index (χ4n) is 6.50. The van der Waals surface area contributed by atoms with Crippen molar-refractivity contribution < 1.29 is 45.4 Å². The Bertz CT molecular complexity index is 1300. The number of esters is 1. The van der Waals surface area contributed by atoms with Crippen LogP contribution in [0.5, 0.6) is 0 Å². The molecule has 1 amide bonds. The van der Waals surface area contributed by atoms with Crippen molar-refractivity contribution in [2.75, 3.05) is 37.6 Å². The second-order valence-corrected chi connectivity index (χ2v) is 14.7. The fraction of sp³-hybridized carbons (Fsp3) is 0.677. The summed E-state index contributed by atoms with van der Waals surface area (Å²) in [6.07, 6.45) is -13.5. The highest BCUT2D eigenvalue weighted by Gasteiger charge is 2.60. The van der Waals surface area contributed by atoms with E-state index in [1.54, 1.807) is 0 Å². The van der Waals surface area contributed by atoms with Crippen molar-refractivity contribution in [1.82, 2.24) is 9.80 Å². The molecular formula is C31H38F6IN3O4S. The van der Waals surface area contributed by atoms with Crippen molar-refractivity contribution in [2.24, 2.45) is 5.92 Å². The smallest absolute Gasteiger partial charge is 0.434 e. The Kier molecular flexibility index (Phi) is 11.7. The zero-order chi connectivity index (χ0) is 33.9. The van der Waals surface area contributed by atoms with E-state index < -0.39 is 30.2 Å². The van der Waals surface area contributed by atoms with Crippen LogP contribution >= 0.6 is 30.1 Å². The van der Waals surface area contributed by atoms with Crippen molar-refractivity contribution in [1.29, 1.82) is 0 Å². The SMILES string of the molecule is CC(C)(C)OC(=O)C1CCN(c2cc(C#CSI)ccc2CN2CCCC23CCN(C(=O)OC(C(F)(F)F)C(F)(F)F)CC3)CC1. The van der Waals surface area contributed by atoms with Gasteiger partial charge in [0.1, 0.15) is 5.60 Å². The Labute approximate surface area is 281 Å². The second kappa shape index (κ2) is 14.6. The van der Waals surface area contributed by atoms with E-state index in [2.05, 4.69) is 53.0 Å². The summed E-state index contributed by atoms with van der Waals surface area (Å²) in [4.78, 5) is 30.6. The average molecular weight is 790 g/mol. The highest BCUT2D eigenvalue weighted by molar-refractivity contribution is 14.2. The average Bonchev–Trinajstić information content (AvgIpc) is 3.34. The van der Waals surface area contributed by atoms with Crippen molar-refractivity contribution >= 4 is 47.9 Å². The number of hydrogen-bond donors (Lipinski definition) is 0. The minimum Gasteiger partial charge on any atom is -0.460 e. The van der Waals surface area contributed by atoms with Crippen LogP contribution in [-0.4, -0.2) is 84.2 Å². The first-order chi connectivity index (χ1) is 21.4. The maximum absolute atomic E-state index is 13.0. The molecule has 7 nitrogen and oxygen atoms in total. The number of ether oxygens (including phenoxy) is 2. The number of piperidine rings is 2. The Morgan fingerprint density at radius 3 is 2.20 bits per heavy atom. The highest BCUT2D eigenvalue weighted by Crippen LogP contribution is 2.42. The van der Waals surface area contributed by atoms with E-state index in [1.807, 2.05) is 32.9 Å². The van der Waals surface area contributed by atoms with Crippen LogP contribution in [0.3, 0.4) is 0 Å². The predicted molar refractivity (Wildman–Crippen MR) is 171 cm³/mol. The molecule has 1 aromatic rings. The fourth-order valence-corrected chi connectivity index (χ4v) is 6.99. The van der Waals surface area contributed by atoms with Crippen LogP contribution in [-0.2, 0) is 20.8 Å². The van der Waals surface area contributed by atoms with Gasteiger partial charge in [0.05, 0.1) is 5.92 Å². The zero-order valence-corrected chi connectivity index (χ0v) is 28.9. The predicted octanol–water partition coefficient (Wildman–Crippen LogP) is 7.70. The molecule has 3 fully saturated rings. The molecule has 0 saturated carbocycles. The van der Waals surface area contributed by atoms with Gasteiger partial charge in [-0.05, 0) is 97.7 Å². The van der Waals surface area contributed by atoms with Gasteiger partial charge in [-0.3, -0.25) is 9.69 Å². The molecule has 46 heavy (non-hydrogen) atoms. The van der Waals surface area contributed by atoms with Crippen molar-refractivity contribution in [2.45, 2.75) is 95.4 Å². The third-order valence-electron chi connectivity index (χ3n) is 8.76. The Morgan fingerprint density at radius 2 is 1.63 bits per heavy atom. The molecule has 0 bridgehead atoms. The van der Waals surface area contributed by atoms with Gasteiger partial charge in [0.15, 0.2) is 0 Å². The van der Waals surface area contributed by atoms with Crippen LogP contribution in [0, 0.1) is 17.1 Å². The summed E-state index contributed by atoms with van der Waals surface area (Å²) in [5.41, 5.74) is 2.03. The molecule has 15 heteroatoms. The molecule has 3 saturated heterocycles. The molecule has 3 heterocycles. The third kappa shape index (κ3) is 9.30. The first-order valence-corrected chi connectivity index (χ1v) is 18.5. The first kappa shape index (κ1) is 36.8.